The van der Waals surface area contributed by atoms with Crippen LogP contribution in [0.2, 0.25) is 5.02 Å². The van der Waals surface area contributed by atoms with Gasteiger partial charge in [-0.3, -0.25) is 0 Å². The zero-order valence-electron chi connectivity index (χ0n) is 12.9. The number of benzene rings is 2. The van der Waals surface area contributed by atoms with E-state index in [1.807, 2.05) is 25.1 Å². The van der Waals surface area contributed by atoms with Crippen molar-refractivity contribution in [2.75, 3.05) is 0 Å². The fourth-order valence-corrected chi connectivity index (χ4v) is 3.25. The van der Waals surface area contributed by atoms with E-state index in [2.05, 4.69) is 61.0 Å². The van der Waals surface area contributed by atoms with Crippen molar-refractivity contribution >= 4 is 27.5 Å². The van der Waals surface area contributed by atoms with Gasteiger partial charge in [0.05, 0.1) is 5.54 Å². The Bertz CT molecular complexity index is 639. The van der Waals surface area contributed by atoms with Crippen LogP contribution in [0.25, 0.3) is 0 Å². The van der Waals surface area contributed by atoms with Crippen molar-refractivity contribution in [1.82, 2.24) is 0 Å². The minimum Gasteiger partial charge on any atom is -0.318 e. The highest BCUT2D eigenvalue weighted by molar-refractivity contribution is 9.10. The van der Waals surface area contributed by atoms with Crippen LogP contribution in [0.15, 0.2) is 46.9 Å². The van der Waals surface area contributed by atoms with Gasteiger partial charge in [-0.05, 0) is 41.2 Å². The molecule has 2 N–H and O–H groups in total. The van der Waals surface area contributed by atoms with E-state index in [4.69, 9.17) is 17.3 Å². The van der Waals surface area contributed by atoms with Crippen LogP contribution in [-0.4, -0.2) is 0 Å². The maximum Gasteiger partial charge on any atom is 0.0651 e. The van der Waals surface area contributed by atoms with Gasteiger partial charge in [0.2, 0.25) is 0 Å². The summed E-state index contributed by atoms with van der Waals surface area (Å²) in [5, 5.41) is 0.675. The van der Waals surface area contributed by atoms with E-state index in [-0.39, 0.29) is 5.41 Å². The third-order valence-electron chi connectivity index (χ3n) is 3.84. The Morgan fingerprint density at radius 1 is 0.905 bits per heavy atom. The minimum absolute atomic E-state index is 0.138. The van der Waals surface area contributed by atoms with Gasteiger partial charge >= 0.3 is 0 Å². The molecular weight excluding hydrogens is 346 g/mol. The van der Waals surface area contributed by atoms with Gasteiger partial charge in [-0.15, -0.1) is 0 Å². The Morgan fingerprint density at radius 2 is 1.43 bits per heavy atom. The zero-order valence-corrected chi connectivity index (χ0v) is 15.2. The summed E-state index contributed by atoms with van der Waals surface area (Å²) < 4.78 is 0.954. The molecule has 0 aliphatic rings. The molecule has 0 bridgehead atoms. The van der Waals surface area contributed by atoms with E-state index in [0.29, 0.717) is 5.02 Å². The normalized spacial score (nSPS) is 14.8. The first-order chi connectivity index (χ1) is 9.62. The molecule has 0 heterocycles. The molecule has 1 unspecified atom stereocenters. The molecule has 112 valence electrons. The molecule has 0 spiro atoms. The molecule has 1 atom stereocenters. The van der Waals surface area contributed by atoms with Crippen molar-refractivity contribution in [3.05, 3.63) is 68.7 Å². The van der Waals surface area contributed by atoms with Crippen LogP contribution in [-0.2, 0) is 11.0 Å². The predicted molar refractivity (Wildman–Crippen MR) is 94.9 cm³/mol. The summed E-state index contributed by atoms with van der Waals surface area (Å²) >= 11 is 9.78. The maximum atomic E-state index is 6.57. The van der Waals surface area contributed by atoms with Crippen molar-refractivity contribution in [1.29, 1.82) is 0 Å². The Kier molecular flexibility index (Phi) is 4.53. The third kappa shape index (κ3) is 3.50. The molecule has 0 saturated heterocycles. The second-order valence-corrected chi connectivity index (χ2v) is 7.98. The molecule has 0 aromatic heterocycles. The Labute approximate surface area is 140 Å². The maximum absolute atomic E-state index is 6.57. The predicted octanol–water partition coefficient (Wildman–Crippen LogP) is 5.62. The van der Waals surface area contributed by atoms with Gasteiger partial charge in [-0.1, -0.05) is 78.6 Å². The Morgan fingerprint density at radius 3 is 1.90 bits per heavy atom. The zero-order chi connectivity index (χ0) is 15.8. The lowest BCUT2D eigenvalue weighted by molar-refractivity contribution is 0.582. The van der Waals surface area contributed by atoms with Crippen LogP contribution in [0.5, 0.6) is 0 Å². The first kappa shape index (κ1) is 16.5. The fraction of sp³-hybridized carbons (Fsp3) is 0.333. The lowest BCUT2D eigenvalue weighted by Crippen LogP contribution is -2.34. The summed E-state index contributed by atoms with van der Waals surface area (Å²) in [5.74, 6) is 0. The van der Waals surface area contributed by atoms with E-state index < -0.39 is 5.54 Å². The van der Waals surface area contributed by atoms with Crippen LogP contribution in [0.1, 0.15) is 44.4 Å². The molecule has 0 aliphatic heterocycles. The number of rotatable bonds is 2. The molecule has 0 amide bonds. The standard InChI is InChI=1S/C18H21BrClN/c1-17(2,3)12-5-7-13(8-6-12)18(4,21)15-10-9-14(19)11-16(15)20/h5-11H,21H2,1-4H3. The summed E-state index contributed by atoms with van der Waals surface area (Å²) in [7, 11) is 0. The van der Waals surface area contributed by atoms with Gasteiger partial charge in [0.15, 0.2) is 0 Å². The summed E-state index contributed by atoms with van der Waals surface area (Å²) in [6.45, 7) is 8.61. The molecule has 0 fully saturated rings. The summed E-state index contributed by atoms with van der Waals surface area (Å²) in [6.07, 6.45) is 0. The molecule has 2 aromatic rings. The Hall–Kier alpha value is -0.830. The van der Waals surface area contributed by atoms with Crippen molar-refractivity contribution in [3.63, 3.8) is 0 Å². The molecule has 21 heavy (non-hydrogen) atoms. The largest absolute Gasteiger partial charge is 0.318 e. The second-order valence-electron chi connectivity index (χ2n) is 6.65. The molecule has 2 aromatic carbocycles. The van der Waals surface area contributed by atoms with Crippen LogP contribution in [0.3, 0.4) is 0 Å². The van der Waals surface area contributed by atoms with Gasteiger partial charge in [0.1, 0.15) is 0 Å². The topological polar surface area (TPSA) is 26.0 Å². The molecule has 0 aliphatic carbocycles. The van der Waals surface area contributed by atoms with Crippen molar-refractivity contribution in [2.45, 2.75) is 38.6 Å². The first-order valence-electron chi connectivity index (χ1n) is 6.98. The molecule has 0 saturated carbocycles. The number of hydrogen-bond acceptors (Lipinski definition) is 1. The lowest BCUT2D eigenvalue weighted by atomic mass is 9.82. The number of halogens is 2. The third-order valence-corrected chi connectivity index (χ3v) is 4.65. The van der Waals surface area contributed by atoms with Crippen LogP contribution < -0.4 is 5.73 Å². The van der Waals surface area contributed by atoms with E-state index in [1.165, 1.54) is 5.56 Å². The second kappa shape index (κ2) is 5.75. The highest BCUT2D eigenvalue weighted by Gasteiger charge is 2.26. The summed E-state index contributed by atoms with van der Waals surface area (Å²) in [5.41, 5.74) is 9.37. The van der Waals surface area contributed by atoms with E-state index >= 15 is 0 Å². The molecule has 3 heteroatoms. The van der Waals surface area contributed by atoms with E-state index in [9.17, 15) is 0 Å². The van der Waals surface area contributed by atoms with Gasteiger partial charge in [0.25, 0.3) is 0 Å². The van der Waals surface area contributed by atoms with Crippen LogP contribution >= 0.6 is 27.5 Å². The van der Waals surface area contributed by atoms with Crippen molar-refractivity contribution in [3.8, 4) is 0 Å². The fourth-order valence-electron chi connectivity index (χ4n) is 2.38. The van der Waals surface area contributed by atoms with Gasteiger partial charge in [0, 0.05) is 9.50 Å². The number of hydrogen-bond donors (Lipinski definition) is 1. The van der Waals surface area contributed by atoms with Crippen LogP contribution in [0, 0.1) is 0 Å². The average molecular weight is 367 g/mol. The average Bonchev–Trinajstić information content (AvgIpc) is 2.37. The van der Waals surface area contributed by atoms with Crippen molar-refractivity contribution < 1.29 is 0 Å². The monoisotopic (exact) mass is 365 g/mol. The Balaban J connectivity index is 2.44. The molecular formula is C18H21BrClN. The van der Waals surface area contributed by atoms with Gasteiger partial charge in [-0.2, -0.15) is 0 Å². The van der Waals surface area contributed by atoms with Crippen LogP contribution in [0.4, 0.5) is 0 Å². The quantitative estimate of drug-likeness (QED) is 0.733. The highest BCUT2D eigenvalue weighted by Crippen LogP contribution is 2.34. The van der Waals surface area contributed by atoms with Gasteiger partial charge in [-0.25, -0.2) is 0 Å². The van der Waals surface area contributed by atoms with E-state index in [0.717, 1.165) is 15.6 Å². The highest BCUT2D eigenvalue weighted by atomic mass is 79.9. The lowest BCUT2D eigenvalue weighted by Gasteiger charge is -2.28. The number of nitrogens with two attached hydrogens (primary N) is 1. The van der Waals surface area contributed by atoms with Crippen molar-refractivity contribution in [2.24, 2.45) is 5.73 Å². The minimum atomic E-state index is -0.617. The van der Waals surface area contributed by atoms with Gasteiger partial charge < -0.3 is 5.73 Å². The molecule has 0 radical (unpaired) electrons. The first-order valence-corrected chi connectivity index (χ1v) is 8.15. The SMILES string of the molecule is CC(C)(C)c1ccc(C(C)(N)c2ccc(Br)cc2Cl)cc1. The summed E-state index contributed by atoms with van der Waals surface area (Å²) in [6, 6.07) is 14.3. The molecule has 2 rings (SSSR count). The summed E-state index contributed by atoms with van der Waals surface area (Å²) in [4.78, 5) is 0. The smallest absolute Gasteiger partial charge is 0.0651 e. The molecule has 1 nitrogen and oxygen atoms in total. The van der Waals surface area contributed by atoms with E-state index in [1.54, 1.807) is 0 Å².